The van der Waals surface area contributed by atoms with E-state index in [1.165, 1.54) is 18.4 Å². The van der Waals surface area contributed by atoms with Crippen LogP contribution in [0.25, 0.3) is 0 Å². The lowest BCUT2D eigenvalue weighted by Crippen LogP contribution is -2.34. The summed E-state index contributed by atoms with van der Waals surface area (Å²) in [5, 5.41) is 4.21. The molecule has 1 aliphatic carbocycles. The molecule has 0 bridgehead atoms. The lowest BCUT2D eigenvalue weighted by Gasteiger charge is -2.31. The second kappa shape index (κ2) is 6.36. The number of piperidine rings is 1. The van der Waals surface area contributed by atoms with Gasteiger partial charge in [0.05, 0.1) is 0 Å². The molecule has 0 spiro atoms. The number of carbonyl (C=O) groups excluding carboxylic acids is 1. The number of hydrogen-bond donors (Lipinski definition) is 1. The van der Waals surface area contributed by atoms with Crippen LogP contribution in [0.2, 0.25) is 0 Å². The summed E-state index contributed by atoms with van der Waals surface area (Å²) in [5.74, 6) is 2.16. The molecule has 1 atom stereocenters. The molecule has 2 fully saturated rings. The zero-order valence-electron chi connectivity index (χ0n) is 13.6. The monoisotopic (exact) mass is 326 g/mol. The molecular weight excluding hydrogens is 304 g/mol. The normalized spacial score (nSPS) is 21.8. The van der Waals surface area contributed by atoms with Crippen LogP contribution in [-0.4, -0.2) is 34.0 Å². The first-order chi connectivity index (χ1) is 11.7. The third-order valence-corrected chi connectivity index (χ3v) is 4.90. The van der Waals surface area contributed by atoms with Gasteiger partial charge in [0.25, 0.3) is 0 Å². The minimum absolute atomic E-state index is 0.347. The summed E-state index contributed by atoms with van der Waals surface area (Å²) >= 11 is 0. The summed E-state index contributed by atoms with van der Waals surface area (Å²) < 4.78 is 5.41. The molecule has 2 aliphatic rings. The first-order valence-electron chi connectivity index (χ1n) is 8.63. The molecule has 1 aliphatic heterocycles. The average Bonchev–Trinajstić information content (AvgIpc) is 3.33. The van der Waals surface area contributed by atoms with Gasteiger partial charge in [0.15, 0.2) is 5.82 Å². The molecule has 126 valence electrons. The first-order valence-corrected chi connectivity index (χ1v) is 8.63. The second-order valence-corrected chi connectivity index (χ2v) is 6.90. The topological polar surface area (TPSA) is 85.3 Å². The molecule has 1 aromatic carbocycles. The van der Waals surface area contributed by atoms with Crippen molar-refractivity contribution in [3.05, 3.63) is 47.1 Å². The molecule has 0 radical (unpaired) electrons. The summed E-state index contributed by atoms with van der Waals surface area (Å²) in [6.45, 7) is 2.88. The van der Waals surface area contributed by atoms with E-state index in [1.54, 1.807) is 12.1 Å². The number of amides is 1. The van der Waals surface area contributed by atoms with Crippen molar-refractivity contribution in [2.45, 2.75) is 44.1 Å². The number of benzene rings is 1. The van der Waals surface area contributed by atoms with Crippen LogP contribution < -0.4 is 5.73 Å². The number of hydrogen-bond acceptors (Lipinski definition) is 5. The highest BCUT2D eigenvalue weighted by Gasteiger charge is 2.32. The van der Waals surface area contributed by atoms with Gasteiger partial charge in [-0.05, 0) is 49.9 Å². The molecule has 2 N–H and O–H groups in total. The summed E-state index contributed by atoms with van der Waals surface area (Å²) in [5.41, 5.74) is 7.02. The lowest BCUT2D eigenvalue weighted by atomic mass is 9.97. The Morgan fingerprint density at radius 1 is 1.21 bits per heavy atom. The van der Waals surface area contributed by atoms with Crippen LogP contribution in [-0.2, 0) is 6.54 Å². The van der Waals surface area contributed by atoms with Crippen molar-refractivity contribution in [3.63, 3.8) is 0 Å². The number of primary amides is 1. The summed E-state index contributed by atoms with van der Waals surface area (Å²) in [4.78, 5) is 18.2. The Hall–Kier alpha value is -2.21. The maximum absolute atomic E-state index is 11.1. The van der Waals surface area contributed by atoms with Gasteiger partial charge in [0.2, 0.25) is 11.8 Å². The van der Waals surface area contributed by atoms with E-state index in [9.17, 15) is 4.79 Å². The van der Waals surface area contributed by atoms with Crippen LogP contribution in [0, 0.1) is 0 Å². The van der Waals surface area contributed by atoms with Gasteiger partial charge in [-0.25, -0.2) is 0 Å². The number of nitrogens with zero attached hydrogens (tertiary/aromatic N) is 3. The van der Waals surface area contributed by atoms with Crippen molar-refractivity contribution in [1.82, 2.24) is 15.0 Å². The van der Waals surface area contributed by atoms with E-state index in [0.29, 0.717) is 17.4 Å². The lowest BCUT2D eigenvalue weighted by molar-refractivity contribution is 0.100. The van der Waals surface area contributed by atoms with Gasteiger partial charge in [-0.2, -0.15) is 4.98 Å². The van der Waals surface area contributed by atoms with Crippen molar-refractivity contribution < 1.29 is 9.32 Å². The van der Waals surface area contributed by atoms with E-state index < -0.39 is 0 Å². The second-order valence-electron chi connectivity index (χ2n) is 6.90. The molecule has 6 nitrogen and oxygen atoms in total. The quantitative estimate of drug-likeness (QED) is 0.912. The third kappa shape index (κ3) is 3.33. The third-order valence-electron chi connectivity index (χ3n) is 4.90. The van der Waals surface area contributed by atoms with E-state index in [1.807, 2.05) is 12.1 Å². The summed E-state index contributed by atoms with van der Waals surface area (Å²) in [6.07, 6.45) is 4.61. The minimum atomic E-state index is -0.386. The molecule has 1 saturated heterocycles. The molecule has 1 unspecified atom stereocenters. The van der Waals surface area contributed by atoms with Crippen LogP contribution in [0.5, 0.6) is 0 Å². The van der Waals surface area contributed by atoms with E-state index in [2.05, 4.69) is 15.0 Å². The molecule has 1 saturated carbocycles. The Labute approximate surface area is 141 Å². The van der Waals surface area contributed by atoms with Gasteiger partial charge in [-0.1, -0.05) is 17.3 Å². The van der Waals surface area contributed by atoms with E-state index in [4.69, 9.17) is 10.3 Å². The fourth-order valence-electron chi connectivity index (χ4n) is 3.35. The predicted octanol–water partition coefficient (Wildman–Crippen LogP) is 2.43. The highest BCUT2D eigenvalue weighted by atomic mass is 16.5. The van der Waals surface area contributed by atoms with Crippen molar-refractivity contribution in [2.75, 3.05) is 13.1 Å². The summed E-state index contributed by atoms with van der Waals surface area (Å²) in [7, 11) is 0. The molecule has 4 rings (SSSR count). The van der Waals surface area contributed by atoms with Crippen LogP contribution in [0.15, 0.2) is 28.8 Å². The summed E-state index contributed by atoms with van der Waals surface area (Å²) in [6, 6.07) is 7.53. The SMILES string of the molecule is NC(=O)c1ccc(CN2CCCC(c3noc(C4CC4)n3)C2)cc1. The van der Waals surface area contributed by atoms with Gasteiger partial charge in [-0.3, -0.25) is 9.69 Å². The Balaban J connectivity index is 1.39. The maximum atomic E-state index is 11.1. The Bertz CT molecular complexity index is 721. The zero-order valence-corrected chi connectivity index (χ0v) is 13.6. The van der Waals surface area contributed by atoms with E-state index >= 15 is 0 Å². The highest BCUT2D eigenvalue weighted by Crippen LogP contribution is 2.39. The van der Waals surface area contributed by atoms with Crippen LogP contribution in [0.4, 0.5) is 0 Å². The molecule has 1 aromatic heterocycles. The van der Waals surface area contributed by atoms with Gasteiger partial charge in [-0.15, -0.1) is 0 Å². The molecule has 6 heteroatoms. The van der Waals surface area contributed by atoms with E-state index in [-0.39, 0.29) is 5.91 Å². The molecule has 2 aromatic rings. The molecule has 1 amide bonds. The Kier molecular flexibility index (Phi) is 4.06. The van der Waals surface area contributed by atoms with Crippen LogP contribution in [0.3, 0.4) is 0 Å². The standard InChI is InChI=1S/C18H22N4O2/c19-16(23)13-5-3-12(4-6-13)10-22-9-1-2-15(11-22)17-20-18(24-21-17)14-7-8-14/h3-6,14-15H,1-2,7-11H2,(H2,19,23). The number of carbonyl (C=O) groups is 1. The Morgan fingerprint density at radius 2 is 2.00 bits per heavy atom. The van der Waals surface area contributed by atoms with Gasteiger partial charge >= 0.3 is 0 Å². The van der Waals surface area contributed by atoms with Gasteiger partial charge < -0.3 is 10.3 Å². The average molecular weight is 326 g/mol. The van der Waals surface area contributed by atoms with Crippen molar-refractivity contribution in [1.29, 1.82) is 0 Å². The number of rotatable bonds is 5. The van der Waals surface area contributed by atoms with Crippen LogP contribution in [0.1, 0.15) is 65.2 Å². The first kappa shape index (κ1) is 15.3. The smallest absolute Gasteiger partial charge is 0.248 e. The highest BCUT2D eigenvalue weighted by molar-refractivity contribution is 5.92. The van der Waals surface area contributed by atoms with Crippen molar-refractivity contribution >= 4 is 5.91 Å². The molecule has 2 heterocycles. The number of aromatic nitrogens is 2. The Morgan fingerprint density at radius 3 is 2.71 bits per heavy atom. The molecular formula is C18H22N4O2. The van der Waals surface area contributed by atoms with E-state index in [0.717, 1.165) is 44.2 Å². The molecule has 24 heavy (non-hydrogen) atoms. The van der Waals surface area contributed by atoms with Crippen molar-refractivity contribution in [3.8, 4) is 0 Å². The largest absolute Gasteiger partial charge is 0.366 e. The minimum Gasteiger partial charge on any atom is -0.366 e. The van der Waals surface area contributed by atoms with Gasteiger partial charge in [0.1, 0.15) is 0 Å². The fourth-order valence-corrected chi connectivity index (χ4v) is 3.35. The number of nitrogens with two attached hydrogens (primary N) is 1. The number of likely N-dealkylation sites (tertiary alicyclic amines) is 1. The van der Waals surface area contributed by atoms with Gasteiger partial charge in [0, 0.05) is 30.5 Å². The predicted molar refractivity (Wildman–Crippen MR) is 88.5 cm³/mol. The maximum Gasteiger partial charge on any atom is 0.248 e. The fraction of sp³-hybridized carbons (Fsp3) is 0.500. The zero-order chi connectivity index (χ0) is 16.5. The van der Waals surface area contributed by atoms with Crippen LogP contribution >= 0.6 is 0 Å². The van der Waals surface area contributed by atoms with Crippen molar-refractivity contribution in [2.24, 2.45) is 5.73 Å².